The summed E-state index contributed by atoms with van der Waals surface area (Å²) in [5, 5.41) is 12.7. The van der Waals surface area contributed by atoms with Crippen molar-refractivity contribution in [2.45, 2.75) is 25.7 Å². The lowest BCUT2D eigenvalue weighted by molar-refractivity contribution is -0.137. The number of rotatable bonds is 9. The van der Waals surface area contributed by atoms with Crippen LogP contribution >= 0.6 is 0 Å². The normalized spacial score (nSPS) is 11.2. The van der Waals surface area contributed by atoms with Crippen molar-refractivity contribution < 1.29 is 14.7 Å². The molecule has 0 saturated carbocycles. The molecule has 2 heterocycles. The van der Waals surface area contributed by atoms with Gasteiger partial charge in [0.15, 0.2) is 0 Å². The van der Waals surface area contributed by atoms with E-state index in [1.165, 1.54) is 6.33 Å². The van der Waals surface area contributed by atoms with Crippen LogP contribution in [0, 0.1) is 0 Å². The van der Waals surface area contributed by atoms with E-state index in [1.54, 1.807) is 24.8 Å². The number of carbonyl (C=O) groups is 1. The van der Waals surface area contributed by atoms with E-state index in [0.717, 1.165) is 24.0 Å². The maximum atomic E-state index is 10.4. The Morgan fingerprint density at radius 1 is 1.09 bits per heavy atom. The number of oxime groups is 1. The minimum atomic E-state index is -0.771. The smallest absolute Gasteiger partial charge is 0.303 e. The maximum absolute atomic E-state index is 10.4. The van der Waals surface area contributed by atoms with E-state index in [1.807, 2.05) is 12.1 Å². The molecule has 2 aromatic heterocycles. The van der Waals surface area contributed by atoms with E-state index in [-0.39, 0.29) is 6.42 Å². The minimum Gasteiger partial charge on any atom is -0.481 e. The fourth-order valence-electron chi connectivity index (χ4n) is 1.93. The first-order valence-electron chi connectivity index (χ1n) is 7.35. The van der Waals surface area contributed by atoms with Crippen molar-refractivity contribution in [3.63, 3.8) is 0 Å². The van der Waals surface area contributed by atoms with Crippen LogP contribution in [-0.2, 0) is 9.63 Å². The van der Waals surface area contributed by atoms with Crippen LogP contribution in [-0.4, -0.2) is 38.3 Å². The van der Waals surface area contributed by atoms with Crippen LogP contribution in [0.2, 0.25) is 0 Å². The summed E-state index contributed by atoms with van der Waals surface area (Å²) in [6, 6.07) is 3.70. The molecule has 0 saturated heterocycles. The first kappa shape index (κ1) is 16.5. The Morgan fingerprint density at radius 2 is 1.87 bits per heavy atom. The molecule has 0 aliphatic carbocycles. The number of aromatic nitrogens is 3. The van der Waals surface area contributed by atoms with Gasteiger partial charge in [-0.2, -0.15) is 0 Å². The van der Waals surface area contributed by atoms with Gasteiger partial charge in [0.05, 0.1) is 0 Å². The van der Waals surface area contributed by atoms with Crippen molar-refractivity contribution in [3.8, 4) is 0 Å². The predicted octanol–water partition coefficient (Wildman–Crippen LogP) is 2.29. The Labute approximate surface area is 134 Å². The summed E-state index contributed by atoms with van der Waals surface area (Å²) in [6.45, 7) is 0.428. The van der Waals surface area contributed by atoms with E-state index < -0.39 is 5.97 Å². The van der Waals surface area contributed by atoms with Gasteiger partial charge in [0, 0.05) is 42.3 Å². The molecule has 23 heavy (non-hydrogen) atoms. The fourth-order valence-corrected chi connectivity index (χ4v) is 1.93. The van der Waals surface area contributed by atoms with Gasteiger partial charge in [0.2, 0.25) is 0 Å². The Bertz CT molecular complexity index is 591. The fraction of sp³-hybridized carbons (Fsp3) is 0.312. The number of aliphatic carboxylic acids is 1. The monoisotopic (exact) mass is 314 g/mol. The molecule has 1 N–H and O–H groups in total. The first-order valence-corrected chi connectivity index (χ1v) is 7.35. The Morgan fingerprint density at radius 3 is 2.57 bits per heavy atom. The molecular weight excluding hydrogens is 296 g/mol. The van der Waals surface area contributed by atoms with Gasteiger partial charge in [-0.25, -0.2) is 9.97 Å². The summed E-state index contributed by atoms with van der Waals surface area (Å²) >= 11 is 0. The van der Waals surface area contributed by atoms with Crippen LogP contribution in [0.1, 0.15) is 36.8 Å². The Balaban J connectivity index is 1.94. The van der Waals surface area contributed by atoms with E-state index in [2.05, 4.69) is 20.1 Å². The van der Waals surface area contributed by atoms with E-state index in [9.17, 15) is 4.79 Å². The molecule has 2 rings (SSSR count). The van der Waals surface area contributed by atoms with Gasteiger partial charge in [-0.3, -0.25) is 9.78 Å². The zero-order valence-electron chi connectivity index (χ0n) is 12.6. The van der Waals surface area contributed by atoms with Gasteiger partial charge in [0.25, 0.3) is 0 Å². The third-order valence-electron chi connectivity index (χ3n) is 3.05. The van der Waals surface area contributed by atoms with Crippen LogP contribution in [0.5, 0.6) is 0 Å². The summed E-state index contributed by atoms with van der Waals surface area (Å²) in [5.74, 6) is -0.771. The standard InChI is InChI=1S/C16H18N4O3/c21-15(22)6-2-1-3-8-23-20-16(13-5-4-7-17-9-13)14-10-18-12-19-11-14/h4-5,7,9-12H,1-3,6,8H2,(H,21,22)/b20-16-. The molecule has 0 radical (unpaired) electrons. The zero-order valence-corrected chi connectivity index (χ0v) is 12.6. The lowest BCUT2D eigenvalue weighted by atomic mass is 10.1. The average Bonchev–Trinajstić information content (AvgIpc) is 2.59. The second kappa shape index (κ2) is 9.24. The summed E-state index contributed by atoms with van der Waals surface area (Å²) in [6.07, 6.45) is 10.5. The summed E-state index contributed by atoms with van der Waals surface area (Å²) in [7, 11) is 0. The second-order valence-electron chi connectivity index (χ2n) is 4.85. The van der Waals surface area contributed by atoms with Crippen LogP contribution in [0.25, 0.3) is 0 Å². The molecule has 0 spiro atoms. The van der Waals surface area contributed by atoms with E-state index in [4.69, 9.17) is 9.94 Å². The Kier molecular flexibility index (Phi) is 6.65. The molecule has 0 aliphatic heterocycles. The van der Waals surface area contributed by atoms with Gasteiger partial charge in [-0.05, 0) is 31.4 Å². The van der Waals surface area contributed by atoms with Crippen molar-refractivity contribution in [3.05, 3.63) is 54.4 Å². The number of nitrogens with zero attached hydrogens (tertiary/aromatic N) is 4. The zero-order chi connectivity index (χ0) is 16.3. The van der Waals surface area contributed by atoms with E-state index in [0.29, 0.717) is 18.7 Å². The number of hydrogen-bond donors (Lipinski definition) is 1. The number of hydrogen-bond acceptors (Lipinski definition) is 6. The van der Waals surface area contributed by atoms with Crippen LogP contribution in [0.15, 0.2) is 48.4 Å². The maximum Gasteiger partial charge on any atom is 0.303 e. The Hall–Kier alpha value is -2.83. The van der Waals surface area contributed by atoms with Crippen molar-refractivity contribution in [2.24, 2.45) is 5.16 Å². The molecule has 0 amide bonds. The largest absolute Gasteiger partial charge is 0.481 e. The molecule has 0 bridgehead atoms. The molecule has 0 fully saturated rings. The molecular formula is C16H18N4O3. The molecule has 7 nitrogen and oxygen atoms in total. The molecule has 2 aromatic rings. The van der Waals surface area contributed by atoms with Gasteiger partial charge in [-0.1, -0.05) is 5.16 Å². The molecule has 0 aromatic carbocycles. The van der Waals surface area contributed by atoms with Crippen molar-refractivity contribution in [2.75, 3.05) is 6.61 Å². The SMILES string of the molecule is O=C(O)CCCCCO/N=C(/c1cccnc1)c1cncnc1. The average molecular weight is 314 g/mol. The van der Waals surface area contributed by atoms with Crippen LogP contribution in [0.4, 0.5) is 0 Å². The summed E-state index contributed by atoms with van der Waals surface area (Å²) < 4.78 is 0. The highest BCUT2D eigenvalue weighted by atomic mass is 16.6. The molecule has 0 atom stereocenters. The van der Waals surface area contributed by atoms with Crippen molar-refractivity contribution in [1.29, 1.82) is 0 Å². The van der Waals surface area contributed by atoms with Crippen molar-refractivity contribution in [1.82, 2.24) is 15.0 Å². The number of pyridine rings is 1. The summed E-state index contributed by atoms with van der Waals surface area (Å²) in [5.41, 5.74) is 2.17. The topological polar surface area (TPSA) is 97.6 Å². The molecule has 0 unspecified atom stereocenters. The summed E-state index contributed by atoms with van der Waals surface area (Å²) in [4.78, 5) is 27.9. The van der Waals surface area contributed by atoms with Crippen LogP contribution < -0.4 is 0 Å². The number of unbranched alkanes of at least 4 members (excludes halogenated alkanes) is 2. The van der Waals surface area contributed by atoms with E-state index >= 15 is 0 Å². The number of carboxylic acid groups (broad SMARTS) is 1. The third kappa shape index (κ3) is 5.82. The third-order valence-corrected chi connectivity index (χ3v) is 3.05. The van der Waals surface area contributed by atoms with Crippen LogP contribution in [0.3, 0.4) is 0 Å². The predicted molar refractivity (Wildman–Crippen MR) is 84.0 cm³/mol. The van der Waals surface area contributed by atoms with Gasteiger partial charge < -0.3 is 9.94 Å². The second-order valence-corrected chi connectivity index (χ2v) is 4.85. The highest BCUT2D eigenvalue weighted by molar-refractivity contribution is 6.12. The first-order chi connectivity index (χ1) is 11.3. The van der Waals surface area contributed by atoms with Gasteiger partial charge >= 0.3 is 5.97 Å². The van der Waals surface area contributed by atoms with Crippen molar-refractivity contribution >= 4 is 11.7 Å². The lowest BCUT2D eigenvalue weighted by Gasteiger charge is -2.06. The highest BCUT2D eigenvalue weighted by Gasteiger charge is 2.08. The van der Waals surface area contributed by atoms with Gasteiger partial charge in [-0.15, -0.1) is 0 Å². The minimum absolute atomic E-state index is 0.186. The number of carboxylic acids is 1. The van der Waals surface area contributed by atoms with Gasteiger partial charge in [0.1, 0.15) is 18.6 Å². The highest BCUT2D eigenvalue weighted by Crippen LogP contribution is 2.09. The molecule has 0 aliphatic rings. The quantitative estimate of drug-likeness (QED) is 0.433. The molecule has 7 heteroatoms. The lowest BCUT2D eigenvalue weighted by Crippen LogP contribution is -2.06. The molecule has 120 valence electrons.